The van der Waals surface area contributed by atoms with Gasteiger partial charge in [0.1, 0.15) is 11.8 Å². The smallest absolute Gasteiger partial charge is 0.242 e. The minimum Gasteiger partial charge on any atom is -0.383 e. The molecule has 0 aliphatic heterocycles. The van der Waals surface area contributed by atoms with E-state index in [2.05, 4.69) is 0 Å². The molecule has 0 radical (unpaired) electrons. The summed E-state index contributed by atoms with van der Waals surface area (Å²) in [6.07, 6.45) is 0. The van der Waals surface area contributed by atoms with Gasteiger partial charge in [-0.3, -0.25) is 9.59 Å². The van der Waals surface area contributed by atoms with Crippen molar-refractivity contribution in [3.63, 3.8) is 0 Å². The van der Waals surface area contributed by atoms with Crippen molar-refractivity contribution in [2.24, 2.45) is 0 Å². The number of amides is 2. The van der Waals surface area contributed by atoms with Gasteiger partial charge >= 0.3 is 0 Å². The van der Waals surface area contributed by atoms with E-state index < -0.39 is 0 Å². The summed E-state index contributed by atoms with van der Waals surface area (Å²) >= 11 is 11.3. The fraction of sp³-hybridized carbons (Fsp3) is 0.462. The second-order valence-corrected chi connectivity index (χ2v) is 8.36. The average Bonchev–Trinajstić information content (AvgIpc) is 2.82. The Morgan fingerprint density at radius 2 is 0.971 bits per heavy atom. The molecule has 34 heavy (non-hydrogen) atoms. The van der Waals surface area contributed by atoms with Crippen molar-refractivity contribution in [1.29, 1.82) is 0 Å². The molecule has 0 heterocycles. The summed E-state index contributed by atoms with van der Waals surface area (Å²) in [7, 11) is 3.24. The number of nitrogens with zero attached hydrogens (tertiary/aromatic N) is 2. The van der Waals surface area contributed by atoms with Crippen molar-refractivity contribution in [3.8, 4) is 0 Å². The van der Waals surface area contributed by atoms with Crippen LogP contribution < -0.4 is 9.80 Å². The van der Waals surface area contributed by atoms with Gasteiger partial charge in [0.05, 0.1) is 13.2 Å². The van der Waals surface area contributed by atoms with E-state index in [0.717, 1.165) is 33.6 Å². The van der Waals surface area contributed by atoms with Crippen LogP contribution in [0.5, 0.6) is 0 Å². The van der Waals surface area contributed by atoms with Gasteiger partial charge in [-0.25, -0.2) is 0 Å². The van der Waals surface area contributed by atoms with Crippen LogP contribution in [0.25, 0.3) is 0 Å². The maximum absolute atomic E-state index is 11.9. The van der Waals surface area contributed by atoms with Crippen molar-refractivity contribution in [2.45, 2.75) is 27.7 Å². The number of ether oxygens (including phenoxy) is 2. The fourth-order valence-electron chi connectivity index (χ4n) is 3.69. The molecule has 0 N–H and O–H groups in total. The number of benzene rings is 2. The minimum atomic E-state index is -0.0962. The topological polar surface area (TPSA) is 59.1 Å². The average molecular weight is 511 g/mol. The lowest BCUT2D eigenvalue weighted by Crippen LogP contribution is -2.35. The van der Waals surface area contributed by atoms with Crippen LogP contribution in [-0.4, -0.2) is 64.1 Å². The zero-order valence-electron chi connectivity index (χ0n) is 21.0. The summed E-state index contributed by atoms with van der Waals surface area (Å²) in [6, 6.07) is 11.9. The van der Waals surface area contributed by atoms with E-state index in [9.17, 15) is 9.59 Å². The number of para-hydroxylation sites is 2. The Kier molecular flexibility index (Phi) is 13.8. The normalized spacial score (nSPS) is 10.4. The lowest BCUT2D eigenvalue weighted by Gasteiger charge is -2.25. The summed E-state index contributed by atoms with van der Waals surface area (Å²) in [4.78, 5) is 27.1. The molecule has 2 amide bonds. The molecule has 0 aromatic heterocycles. The predicted octanol–water partition coefficient (Wildman–Crippen LogP) is 5.04. The first-order valence-electron chi connectivity index (χ1n) is 11.1. The van der Waals surface area contributed by atoms with Gasteiger partial charge in [-0.15, -0.1) is 23.2 Å². The number of rotatable bonds is 10. The highest BCUT2D eigenvalue weighted by Gasteiger charge is 2.19. The number of hydrogen-bond donors (Lipinski definition) is 0. The molecule has 0 aliphatic carbocycles. The Morgan fingerprint density at radius 1 is 0.676 bits per heavy atom. The van der Waals surface area contributed by atoms with Crippen molar-refractivity contribution >= 4 is 46.4 Å². The largest absolute Gasteiger partial charge is 0.383 e. The van der Waals surface area contributed by atoms with E-state index in [0.29, 0.717) is 26.3 Å². The zero-order chi connectivity index (χ0) is 25.7. The summed E-state index contributed by atoms with van der Waals surface area (Å²) in [5.41, 5.74) is 6.16. The highest BCUT2D eigenvalue weighted by molar-refractivity contribution is 6.29. The van der Waals surface area contributed by atoms with E-state index in [-0.39, 0.29) is 23.6 Å². The number of alkyl halides is 2. The van der Waals surface area contributed by atoms with Crippen molar-refractivity contribution in [1.82, 2.24) is 0 Å². The van der Waals surface area contributed by atoms with Crippen molar-refractivity contribution in [3.05, 3.63) is 58.7 Å². The Bertz CT molecular complexity index is 821. The van der Waals surface area contributed by atoms with E-state index in [4.69, 9.17) is 32.7 Å². The van der Waals surface area contributed by atoms with Crippen LogP contribution in [0.3, 0.4) is 0 Å². The molecule has 0 aliphatic rings. The van der Waals surface area contributed by atoms with Crippen LogP contribution in [0.2, 0.25) is 0 Å². The second-order valence-electron chi connectivity index (χ2n) is 7.82. The monoisotopic (exact) mass is 510 g/mol. The molecule has 0 atom stereocenters. The number of aryl methyl sites for hydroxylation is 4. The van der Waals surface area contributed by atoms with Gasteiger partial charge in [0, 0.05) is 38.7 Å². The molecular weight excluding hydrogens is 475 g/mol. The molecule has 2 aromatic carbocycles. The number of methoxy groups -OCH3 is 2. The minimum absolute atomic E-state index is 0.0164. The first-order chi connectivity index (χ1) is 16.2. The number of anilines is 2. The molecule has 0 unspecified atom stereocenters. The zero-order valence-corrected chi connectivity index (χ0v) is 22.5. The standard InChI is InChI=1S/2C13H18ClNO2/c2*1-10-5-4-6-11(2)13(10)15(7-8-17-3)12(16)9-14/h2*4-6H,7-9H2,1-3H3. The maximum Gasteiger partial charge on any atom is 0.242 e. The first kappa shape index (κ1) is 29.9. The molecule has 2 rings (SSSR count). The first-order valence-corrected chi connectivity index (χ1v) is 12.1. The second kappa shape index (κ2) is 15.7. The molecule has 6 nitrogen and oxygen atoms in total. The van der Waals surface area contributed by atoms with Gasteiger partial charge in [-0.05, 0) is 49.9 Å². The Morgan fingerprint density at radius 3 is 1.21 bits per heavy atom. The van der Waals surface area contributed by atoms with Crippen LogP contribution in [0.15, 0.2) is 36.4 Å². The fourth-order valence-corrected chi connectivity index (χ4v) is 3.98. The lowest BCUT2D eigenvalue weighted by molar-refractivity contribution is -0.117. The number of hydrogen-bond acceptors (Lipinski definition) is 4. The Labute approximate surface area is 213 Å². The van der Waals surface area contributed by atoms with E-state index in [1.165, 1.54) is 0 Å². The lowest BCUT2D eigenvalue weighted by atomic mass is 10.1. The maximum atomic E-state index is 11.9. The van der Waals surface area contributed by atoms with Gasteiger partial charge in [0.2, 0.25) is 11.8 Å². The number of halogens is 2. The van der Waals surface area contributed by atoms with Gasteiger partial charge in [-0.1, -0.05) is 36.4 Å². The van der Waals surface area contributed by atoms with Crippen LogP contribution in [0.1, 0.15) is 22.3 Å². The van der Waals surface area contributed by atoms with E-state index in [1.54, 1.807) is 24.0 Å². The Balaban J connectivity index is 0.000000340. The SMILES string of the molecule is COCCN(C(=O)CCl)c1c(C)cccc1C.COCCN(C(=O)CCl)c1c(C)cccc1C. The molecule has 0 saturated heterocycles. The molecular formula is C26H36Cl2N2O4. The molecule has 8 heteroatoms. The predicted molar refractivity (Wildman–Crippen MR) is 142 cm³/mol. The summed E-state index contributed by atoms with van der Waals surface area (Å²) < 4.78 is 10.1. The van der Waals surface area contributed by atoms with Gasteiger partial charge in [0.25, 0.3) is 0 Å². The van der Waals surface area contributed by atoms with Crippen LogP contribution in [0.4, 0.5) is 11.4 Å². The molecule has 188 valence electrons. The van der Waals surface area contributed by atoms with Crippen molar-refractivity contribution < 1.29 is 19.1 Å². The summed E-state index contributed by atoms with van der Waals surface area (Å²) in [6.45, 7) is 9.99. The van der Waals surface area contributed by atoms with E-state index in [1.807, 2.05) is 64.1 Å². The Hall–Kier alpha value is -2.12. The van der Waals surface area contributed by atoms with Crippen molar-refractivity contribution in [2.75, 3.05) is 62.1 Å². The molecule has 0 saturated carbocycles. The van der Waals surface area contributed by atoms with Gasteiger partial charge in [0.15, 0.2) is 0 Å². The summed E-state index contributed by atoms with van der Waals surface area (Å²) in [5.74, 6) is -0.225. The highest BCUT2D eigenvalue weighted by atomic mass is 35.5. The molecule has 0 spiro atoms. The number of carbonyl (C=O) groups is 2. The number of carbonyl (C=O) groups excluding carboxylic acids is 2. The van der Waals surface area contributed by atoms with Crippen LogP contribution in [-0.2, 0) is 19.1 Å². The molecule has 2 aromatic rings. The highest BCUT2D eigenvalue weighted by Crippen LogP contribution is 2.25. The molecule has 0 fully saturated rings. The third-order valence-electron chi connectivity index (χ3n) is 5.29. The van der Waals surface area contributed by atoms with E-state index >= 15 is 0 Å². The third-order valence-corrected chi connectivity index (χ3v) is 5.74. The third kappa shape index (κ3) is 8.58. The van der Waals surface area contributed by atoms with Gasteiger partial charge in [-0.2, -0.15) is 0 Å². The summed E-state index contributed by atoms with van der Waals surface area (Å²) in [5, 5.41) is 0. The van der Waals surface area contributed by atoms with Crippen LogP contribution >= 0.6 is 23.2 Å². The molecule has 0 bridgehead atoms. The quantitative estimate of drug-likeness (QED) is 0.420. The van der Waals surface area contributed by atoms with Crippen LogP contribution in [0, 0.1) is 27.7 Å². The van der Waals surface area contributed by atoms with Gasteiger partial charge < -0.3 is 19.3 Å².